The van der Waals surface area contributed by atoms with Crippen LogP contribution in [0.15, 0.2) is 41.3 Å². The van der Waals surface area contributed by atoms with Crippen molar-refractivity contribution in [3.8, 4) is 0 Å². The average Bonchev–Trinajstić information content (AvgIpc) is 2.82. The van der Waals surface area contributed by atoms with Crippen molar-refractivity contribution in [3.05, 3.63) is 54.0 Å². The van der Waals surface area contributed by atoms with E-state index in [2.05, 4.69) is 10.3 Å². The zero-order valence-electron chi connectivity index (χ0n) is 9.85. The molecule has 2 atom stereocenters. The number of halogens is 1. The lowest BCUT2D eigenvalue weighted by atomic mass is 10.1. The number of hydrogen-bond acceptors (Lipinski definition) is 3. The highest BCUT2D eigenvalue weighted by atomic mass is 19.1. The van der Waals surface area contributed by atoms with Gasteiger partial charge in [0.05, 0.1) is 18.5 Å². The summed E-state index contributed by atoms with van der Waals surface area (Å²) >= 11 is 0. The molecule has 0 aliphatic heterocycles. The summed E-state index contributed by atoms with van der Waals surface area (Å²) in [7, 11) is 0. The van der Waals surface area contributed by atoms with Gasteiger partial charge >= 0.3 is 0 Å². The number of nitrogens with one attached hydrogen (secondary N) is 1. The van der Waals surface area contributed by atoms with Crippen molar-refractivity contribution in [2.24, 2.45) is 0 Å². The summed E-state index contributed by atoms with van der Waals surface area (Å²) in [5.41, 5.74) is 0.823. The van der Waals surface area contributed by atoms with Crippen LogP contribution in [0.2, 0.25) is 0 Å². The smallest absolute Gasteiger partial charge is 0.141 e. The first-order chi connectivity index (χ1) is 8.16. The van der Waals surface area contributed by atoms with Gasteiger partial charge in [-0.3, -0.25) is 4.98 Å². The summed E-state index contributed by atoms with van der Waals surface area (Å²) in [6, 6.07) is 5.33. The van der Waals surface area contributed by atoms with Gasteiger partial charge in [0.25, 0.3) is 0 Å². The van der Waals surface area contributed by atoms with Gasteiger partial charge in [0.2, 0.25) is 0 Å². The Kier molecular flexibility index (Phi) is 3.54. The number of pyridine rings is 1. The van der Waals surface area contributed by atoms with E-state index in [-0.39, 0.29) is 17.9 Å². The third kappa shape index (κ3) is 2.91. The summed E-state index contributed by atoms with van der Waals surface area (Å²) in [6.45, 7) is 3.97. The second-order valence-electron chi connectivity index (χ2n) is 4.06. The topological polar surface area (TPSA) is 38.1 Å². The van der Waals surface area contributed by atoms with E-state index in [4.69, 9.17) is 4.42 Å². The number of rotatable bonds is 4. The molecule has 90 valence electrons. The Bertz CT molecular complexity index is 470. The molecule has 0 radical (unpaired) electrons. The van der Waals surface area contributed by atoms with Crippen molar-refractivity contribution in [2.45, 2.75) is 25.9 Å². The molecule has 2 rings (SSSR count). The Morgan fingerprint density at radius 1 is 1.29 bits per heavy atom. The van der Waals surface area contributed by atoms with E-state index in [9.17, 15) is 4.39 Å². The maximum absolute atomic E-state index is 13.0. The Morgan fingerprint density at radius 3 is 2.76 bits per heavy atom. The summed E-state index contributed by atoms with van der Waals surface area (Å²) in [4.78, 5) is 3.84. The van der Waals surface area contributed by atoms with Gasteiger partial charge in [-0.2, -0.15) is 0 Å². The fourth-order valence-electron chi connectivity index (χ4n) is 1.76. The highest BCUT2D eigenvalue weighted by Crippen LogP contribution is 2.19. The number of nitrogens with zero attached hydrogens (tertiary/aromatic N) is 1. The molecule has 0 saturated heterocycles. The van der Waals surface area contributed by atoms with Crippen LogP contribution in [0.4, 0.5) is 4.39 Å². The highest BCUT2D eigenvalue weighted by molar-refractivity contribution is 5.15. The van der Waals surface area contributed by atoms with Crippen molar-refractivity contribution in [1.29, 1.82) is 0 Å². The molecule has 0 aliphatic rings. The predicted molar refractivity (Wildman–Crippen MR) is 62.9 cm³/mol. The van der Waals surface area contributed by atoms with Crippen LogP contribution in [0.5, 0.6) is 0 Å². The molecule has 2 aromatic rings. The quantitative estimate of drug-likeness (QED) is 0.882. The third-order valence-electron chi connectivity index (χ3n) is 2.70. The zero-order valence-corrected chi connectivity index (χ0v) is 9.85. The van der Waals surface area contributed by atoms with Crippen LogP contribution in [-0.4, -0.2) is 4.98 Å². The fourth-order valence-corrected chi connectivity index (χ4v) is 1.76. The van der Waals surface area contributed by atoms with Crippen LogP contribution in [0.25, 0.3) is 0 Å². The monoisotopic (exact) mass is 234 g/mol. The highest BCUT2D eigenvalue weighted by Gasteiger charge is 2.13. The van der Waals surface area contributed by atoms with Crippen LogP contribution in [-0.2, 0) is 0 Å². The molecule has 4 heteroatoms. The van der Waals surface area contributed by atoms with Crippen LogP contribution in [0.1, 0.15) is 37.3 Å². The van der Waals surface area contributed by atoms with Gasteiger partial charge < -0.3 is 9.73 Å². The second kappa shape index (κ2) is 5.10. The van der Waals surface area contributed by atoms with E-state index >= 15 is 0 Å². The first-order valence-corrected chi connectivity index (χ1v) is 5.56. The Hall–Kier alpha value is -1.68. The van der Waals surface area contributed by atoms with Gasteiger partial charge in [-0.25, -0.2) is 4.39 Å². The van der Waals surface area contributed by atoms with Gasteiger partial charge in [-0.05, 0) is 37.6 Å². The summed E-state index contributed by atoms with van der Waals surface area (Å²) in [5.74, 6) is 0.544. The number of furan rings is 1. The molecule has 0 spiro atoms. The molecule has 2 unspecified atom stereocenters. The van der Waals surface area contributed by atoms with Crippen LogP contribution >= 0.6 is 0 Å². The molecular formula is C13H15FN2O. The average molecular weight is 234 g/mol. The molecule has 2 heterocycles. The Morgan fingerprint density at radius 2 is 2.12 bits per heavy atom. The van der Waals surface area contributed by atoms with E-state index in [0.29, 0.717) is 0 Å². The van der Waals surface area contributed by atoms with E-state index < -0.39 is 0 Å². The number of hydrogen-bond donors (Lipinski definition) is 1. The molecule has 17 heavy (non-hydrogen) atoms. The first kappa shape index (κ1) is 11.8. The molecule has 0 saturated carbocycles. The molecule has 0 fully saturated rings. The summed E-state index contributed by atoms with van der Waals surface area (Å²) < 4.78 is 18.3. The Balaban J connectivity index is 2.04. The SMILES string of the molecule is CC(NC(C)c1ccco1)c1cncc(F)c1. The minimum absolute atomic E-state index is 0.0123. The van der Waals surface area contributed by atoms with E-state index in [1.807, 2.05) is 26.0 Å². The second-order valence-corrected chi connectivity index (χ2v) is 4.06. The van der Waals surface area contributed by atoms with E-state index in [1.165, 1.54) is 12.3 Å². The molecule has 1 N–H and O–H groups in total. The maximum atomic E-state index is 13.0. The Labute approximate surface area is 99.7 Å². The van der Waals surface area contributed by atoms with E-state index in [1.54, 1.807) is 12.5 Å². The maximum Gasteiger partial charge on any atom is 0.141 e. The standard InChI is InChI=1S/C13H15FN2O/c1-9(11-6-12(14)8-15-7-11)16-10(2)13-4-3-5-17-13/h3-10,16H,1-2H3. The van der Waals surface area contributed by atoms with Crippen LogP contribution in [0.3, 0.4) is 0 Å². The van der Waals surface area contributed by atoms with Crippen LogP contribution < -0.4 is 5.32 Å². The molecule has 0 amide bonds. The largest absolute Gasteiger partial charge is 0.468 e. The summed E-state index contributed by atoms with van der Waals surface area (Å²) in [6.07, 6.45) is 4.50. The molecule has 2 aromatic heterocycles. The predicted octanol–water partition coefficient (Wildman–Crippen LogP) is 3.23. The van der Waals surface area contributed by atoms with Crippen molar-refractivity contribution < 1.29 is 8.81 Å². The molecule has 0 bridgehead atoms. The summed E-state index contributed by atoms with van der Waals surface area (Å²) in [5, 5.41) is 3.33. The lowest BCUT2D eigenvalue weighted by molar-refractivity contribution is 0.402. The minimum atomic E-state index is -0.318. The minimum Gasteiger partial charge on any atom is -0.468 e. The van der Waals surface area contributed by atoms with E-state index in [0.717, 1.165) is 11.3 Å². The van der Waals surface area contributed by atoms with Gasteiger partial charge in [0, 0.05) is 12.2 Å². The normalized spacial score (nSPS) is 14.5. The van der Waals surface area contributed by atoms with Gasteiger partial charge in [-0.1, -0.05) is 0 Å². The lowest BCUT2D eigenvalue weighted by Gasteiger charge is -2.18. The molecular weight excluding hydrogens is 219 g/mol. The van der Waals surface area contributed by atoms with Crippen molar-refractivity contribution >= 4 is 0 Å². The first-order valence-electron chi connectivity index (χ1n) is 5.56. The van der Waals surface area contributed by atoms with Crippen molar-refractivity contribution in [2.75, 3.05) is 0 Å². The zero-order chi connectivity index (χ0) is 12.3. The van der Waals surface area contributed by atoms with Crippen molar-refractivity contribution in [1.82, 2.24) is 10.3 Å². The third-order valence-corrected chi connectivity index (χ3v) is 2.70. The molecule has 0 aromatic carbocycles. The lowest BCUT2D eigenvalue weighted by Crippen LogP contribution is -2.22. The molecule has 0 aliphatic carbocycles. The molecule has 3 nitrogen and oxygen atoms in total. The van der Waals surface area contributed by atoms with Crippen LogP contribution in [0, 0.1) is 5.82 Å². The van der Waals surface area contributed by atoms with Crippen molar-refractivity contribution in [3.63, 3.8) is 0 Å². The van der Waals surface area contributed by atoms with Gasteiger partial charge in [-0.15, -0.1) is 0 Å². The fraction of sp³-hybridized carbons (Fsp3) is 0.308. The van der Waals surface area contributed by atoms with Gasteiger partial charge in [0.1, 0.15) is 11.6 Å². The van der Waals surface area contributed by atoms with Gasteiger partial charge in [0.15, 0.2) is 0 Å². The number of aromatic nitrogens is 1.